The van der Waals surface area contributed by atoms with Crippen LogP contribution in [-0.2, 0) is 33.9 Å². The minimum Gasteiger partial charge on any atom is -0.468 e. The van der Waals surface area contributed by atoms with E-state index in [1.165, 1.54) is 11.7 Å². The van der Waals surface area contributed by atoms with Gasteiger partial charge in [0, 0.05) is 35.9 Å². The van der Waals surface area contributed by atoms with Crippen LogP contribution in [0.15, 0.2) is 82.4 Å². The van der Waals surface area contributed by atoms with E-state index >= 15 is 0 Å². The molecular weight excluding hydrogens is 605 g/mol. The summed E-state index contributed by atoms with van der Waals surface area (Å²) in [5.74, 6) is -0.374. The van der Waals surface area contributed by atoms with Crippen molar-refractivity contribution in [1.82, 2.24) is 23.6 Å². The molecule has 0 atom stereocenters. The lowest BCUT2D eigenvalue weighted by atomic mass is 10.1. The maximum atomic E-state index is 14.0. The highest BCUT2D eigenvalue weighted by Gasteiger charge is 2.25. The number of halogens is 2. The van der Waals surface area contributed by atoms with Crippen molar-refractivity contribution >= 4 is 40.3 Å². The van der Waals surface area contributed by atoms with Gasteiger partial charge in [-0.15, -0.1) is 0 Å². The van der Waals surface area contributed by atoms with Crippen molar-refractivity contribution in [1.29, 1.82) is 0 Å². The Balaban J connectivity index is 1.54. The number of carbonyl (C=O) groups is 1. The molecule has 10 nitrogen and oxygen atoms in total. The van der Waals surface area contributed by atoms with Crippen LogP contribution in [0.3, 0.4) is 0 Å². The van der Waals surface area contributed by atoms with Crippen LogP contribution >= 0.6 is 23.2 Å². The molecule has 44 heavy (non-hydrogen) atoms. The largest absolute Gasteiger partial charge is 0.468 e. The van der Waals surface area contributed by atoms with E-state index in [1.807, 2.05) is 30.3 Å². The molecule has 0 N–H and O–H groups in total. The molecule has 12 heteroatoms. The number of fused-ring (bicyclic) bond motifs is 1. The highest BCUT2D eigenvalue weighted by atomic mass is 35.5. The van der Waals surface area contributed by atoms with E-state index in [1.54, 1.807) is 47.0 Å². The van der Waals surface area contributed by atoms with Gasteiger partial charge in [-0.05, 0) is 47.5 Å². The van der Waals surface area contributed by atoms with E-state index in [-0.39, 0.29) is 17.7 Å². The molecule has 3 heterocycles. The Bertz CT molecular complexity index is 1940. The van der Waals surface area contributed by atoms with E-state index in [9.17, 15) is 14.4 Å². The monoisotopic (exact) mass is 633 g/mol. The molecular formula is C32H29Cl2N5O5. The number of imidazole rings is 1. The van der Waals surface area contributed by atoms with Crippen LogP contribution in [0, 0.1) is 0 Å². The molecule has 0 bridgehead atoms. The first-order valence-corrected chi connectivity index (χ1v) is 14.8. The van der Waals surface area contributed by atoms with Crippen molar-refractivity contribution < 1.29 is 14.3 Å². The van der Waals surface area contributed by atoms with Gasteiger partial charge in [-0.2, -0.15) is 0 Å². The zero-order valence-corrected chi connectivity index (χ0v) is 25.4. The summed E-state index contributed by atoms with van der Waals surface area (Å²) in [6.45, 7) is 3.53. The normalized spacial score (nSPS) is 13.8. The van der Waals surface area contributed by atoms with Gasteiger partial charge < -0.3 is 9.47 Å². The maximum Gasteiger partial charge on any atom is 0.333 e. The predicted octanol–water partition coefficient (Wildman–Crippen LogP) is 4.38. The lowest BCUT2D eigenvalue weighted by Crippen LogP contribution is -2.42. The van der Waals surface area contributed by atoms with E-state index in [4.69, 9.17) is 37.7 Å². The zero-order valence-electron chi connectivity index (χ0n) is 23.9. The Hall–Kier alpha value is -4.22. The van der Waals surface area contributed by atoms with Crippen LogP contribution in [0.5, 0.6) is 0 Å². The number of hydrogen-bond acceptors (Lipinski definition) is 7. The number of aromatic nitrogens is 4. The number of hydrogen-bond donors (Lipinski definition) is 0. The maximum absolute atomic E-state index is 14.0. The second kappa shape index (κ2) is 12.8. The fourth-order valence-electron chi connectivity index (χ4n) is 5.33. The third kappa shape index (κ3) is 5.94. The van der Waals surface area contributed by atoms with E-state index in [2.05, 4.69) is 4.90 Å². The summed E-state index contributed by atoms with van der Waals surface area (Å²) in [6.07, 6.45) is 0. The highest BCUT2D eigenvalue weighted by Crippen LogP contribution is 2.32. The Labute approximate surface area is 262 Å². The van der Waals surface area contributed by atoms with Crippen molar-refractivity contribution in [2.24, 2.45) is 0 Å². The van der Waals surface area contributed by atoms with Gasteiger partial charge >= 0.3 is 11.7 Å². The first-order valence-electron chi connectivity index (χ1n) is 14.1. The summed E-state index contributed by atoms with van der Waals surface area (Å²) in [4.78, 5) is 47.5. The molecule has 1 saturated heterocycles. The van der Waals surface area contributed by atoms with Crippen LogP contribution in [0.4, 0.5) is 0 Å². The zero-order chi connectivity index (χ0) is 30.8. The number of nitrogens with zero attached hydrogens (tertiary/aromatic N) is 5. The van der Waals surface area contributed by atoms with Crippen LogP contribution < -0.4 is 11.2 Å². The summed E-state index contributed by atoms with van der Waals surface area (Å²) < 4.78 is 14.2. The van der Waals surface area contributed by atoms with Crippen molar-refractivity contribution in [2.75, 3.05) is 33.4 Å². The number of esters is 1. The lowest BCUT2D eigenvalue weighted by Gasteiger charge is -2.26. The van der Waals surface area contributed by atoms with Crippen LogP contribution in [0.1, 0.15) is 11.1 Å². The number of methoxy groups -OCH3 is 1. The van der Waals surface area contributed by atoms with Crippen LogP contribution in [-0.4, -0.2) is 63.0 Å². The molecule has 2 aromatic heterocycles. The fraction of sp³-hybridized carbons (Fsp3) is 0.250. The summed E-state index contributed by atoms with van der Waals surface area (Å²) in [5, 5.41) is 0.923. The molecule has 5 aromatic rings. The molecule has 226 valence electrons. The van der Waals surface area contributed by atoms with Gasteiger partial charge in [0.15, 0.2) is 11.2 Å². The molecule has 0 amide bonds. The summed E-state index contributed by atoms with van der Waals surface area (Å²) >= 11 is 12.8. The number of ether oxygens (including phenoxy) is 2. The topological polar surface area (TPSA) is 101 Å². The molecule has 0 unspecified atom stereocenters. The second-order valence-electron chi connectivity index (χ2n) is 10.4. The standard InChI is InChI=1S/C32H29Cl2N5O5/c1-43-27(40)20-38-31(41)28-30(35-29(25-4-2-3-5-26(25)34)39(28)24-12-10-23(33)11-13-24)37(32(38)42)19-22-8-6-21(7-9-22)18-36-14-16-44-17-15-36/h2-13H,14-20H2,1H3. The van der Waals surface area contributed by atoms with Gasteiger partial charge in [0.2, 0.25) is 0 Å². The molecule has 0 aliphatic carbocycles. The first-order chi connectivity index (χ1) is 21.3. The minimum absolute atomic E-state index is 0.105. The molecule has 0 saturated carbocycles. The smallest absolute Gasteiger partial charge is 0.333 e. The van der Waals surface area contributed by atoms with Crippen molar-refractivity contribution in [3.8, 4) is 17.1 Å². The Morgan fingerprint density at radius 1 is 0.886 bits per heavy atom. The fourth-order valence-corrected chi connectivity index (χ4v) is 5.68. The van der Waals surface area contributed by atoms with Crippen LogP contribution in [0.2, 0.25) is 10.0 Å². The molecule has 1 fully saturated rings. The van der Waals surface area contributed by atoms with Crippen molar-refractivity contribution in [3.05, 3.63) is 115 Å². The number of benzene rings is 3. The third-order valence-corrected chi connectivity index (χ3v) is 8.19. The molecule has 0 radical (unpaired) electrons. The Kier molecular flexibility index (Phi) is 8.67. The van der Waals surface area contributed by atoms with Gasteiger partial charge in [0.25, 0.3) is 5.56 Å². The second-order valence-corrected chi connectivity index (χ2v) is 11.3. The third-order valence-electron chi connectivity index (χ3n) is 7.61. The van der Waals surface area contributed by atoms with Gasteiger partial charge in [0.1, 0.15) is 12.4 Å². The van der Waals surface area contributed by atoms with Gasteiger partial charge in [-0.3, -0.25) is 23.6 Å². The molecule has 1 aliphatic heterocycles. The summed E-state index contributed by atoms with van der Waals surface area (Å²) in [5.41, 5.74) is 1.99. The highest BCUT2D eigenvalue weighted by molar-refractivity contribution is 6.33. The van der Waals surface area contributed by atoms with Crippen molar-refractivity contribution in [2.45, 2.75) is 19.6 Å². The number of carbonyl (C=O) groups excluding carboxylic acids is 1. The predicted molar refractivity (Wildman–Crippen MR) is 169 cm³/mol. The van der Waals surface area contributed by atoms with Gasteiger partial charge in [0.05, 0.1) is 31.9 Å². The van der Waals surface area contributed by atoms with Crippen LogP contribution in [0.25, 0.3) is 28.2 Å². The van der Waals surface area contributed by atoms with E-state index in [0.717, 1.165) is 48.5 Å². The molecule has 0 spiro atoms. The molecule has 6 rings (SSSR count). The molecule has 1 aliphatic rings. The van der Waals surface area contributed by atoms with E-state index in [0.29, 0.717) is 27.1 Å². The number of morpholine rings is 1. The van der Waals surface area contributed by atoms with Gasteiger partial charge in [-0.25, -0.2) is 14.3 Å². The Morgan fingerprint density at radius 2 is 1.55 bits per heavy atom. The van der Waals surface area contributed by atoms with Gasteiger partial charge in [-0.1, -0.05) is 59.6 Å². The average molecular weight is 635 g/mol. The quantitative estimate of drug-likeness (QED) is 0.234. The summed E-state index contributed by atoms with van der Waals surface area (Å²) in [7, 11) is 1.20. The first kappa shape index (κ1) is 29.8. The SMILES string of the molecule is COC(=O)Cn1c(=O)c2c(nc(-c3ccccc3Cl)n2-c2ccc(Cl)cc2)n(Cc2ccc(CN3CCOCC3)cc2)c1=O. The number of rotatable bonds is 8. The minimum atomic E-state index is -0.730. The molecule has 3 aromatic carbocycles. The van der Waals surface area contributed by atoms with E-state index < -0.39 is 23.8 Å². The Morgan fingerprint density at radius 3 is 2.20 bits per heavy atom. The lowest BCUT2D eigenvalue weighted by molar-refractivity contribution is -0.141. The van der Waals surface area contributed by atoms with Crippen molar-refractivity contribution in [3.63, 3.8) is 0 Å². The summed E-state index contributed by atoms with van der Waals surface area (Å²) in [6, 6.07) is 22.0. The average Bonchev–Trinajstić information content (AvgIpc) is 3.43.